The highest BCUT2D eigenvalue weighted by molar-refractivity contribution is 8.06. The average molecular weight is 286 g/mol. The maximum atomic E-state index is 5.46. The van der Waals surface area contributed by atoms with Gasteiger partial charge in [-0.15, -0.1) is 11.8 Å². The summed E-state index contributed by atoms with van der Waals surface area (Å²) in [5.41, 5.74) is 0. The number of piperazine rings is 1. The van der Waals surface area contributed by atoms with Crippen LogP contribution in [0.4, 0.5) is 0 Å². The fourth-order valence-electron chi connectivity index (χ4n) is 2.24. The molecule has 1 aromatic heterocycles. The van der Waals surface area contributed by atoms with Gasteiger partial charge >= 0.3 is 0 Å². The summed E-state index contributed by atoms with van der Waals surface area (Å²) in [4.78, 5) is 6.90. The molecule has 0 bridgehead atoms. The predicted octanol–water partition coefficient (Wildman–Crippen LogP) is 1.17. The number of nitrogens with one attached hydrogen (secondary N) is 1. The third-order valence-electron chi connectivity index (χ3n) is 3.36. The lowest BCUT2D eigenvalue weighted by molar-refractivity contribution is 0.190. The molecule has 3 heterocycles. The Morgan fingerprint density at radius 3 is 3.17 bits per heavy atom. The molecule has 2 unspecified atom stereocenters. The van der Waals surface area contributed by atoms with Crippen LogP contribution in [-0.2, 0) is 0 Å². The summed E-state index contributed by atoms with van der Waals surface area (Å²) in [6, 6.07) is 0.248. The molecule has 0 spiro atoms. The van der Waals surface area contributed by atoms with Crippen molar-refractivity contribution in [2.24, 2.45) is 0 Å². The van der Waals surface area contributed by atoms with Gasteiger partial charge in [-0.3, -0.25) is 4.90 Å². The Hall–Kier alpha value is -0.240. The molecule has 2 aliphatic rings. The number of rotatable bonds is 2. The molecule has 100 valence electrons. The van der Waals surface area contributed by atoms with Gasteiger partial charge < -0.3 is 9.84 Å². The van der Waals surface area contributed by atoms with E-state index in [9.17, 15) is 0 Å². The molecule has 0 radical (unpaired) electrons. The molecule has 2 aliphatic heterocycles. The molecule has 2 atom stereocenters. The molecule has 0 saturated carbocycles. The second-order valence-corrected chi connectivity index (χ2v) is 7.09. The summed E-state index contributed by atoms with van der Waals surface area (Å²) in [7, 11) is 2.12. The van der Waals surface area contributed by atoms with Crippen molar-refractivity contribution in [2.75, 3.05) is 43.9 Å². The highest BCUT2D eigenvalue weighted by Crippen LogP contribution is 2.36. The molecule has 7 heteroatoms. The summed E-state index contributed by atoms with van der Waals surface area (Å²) >= 11 is 3.90. The third kappa shape index (κ3) is 2.68. The maximum Gasteiger partial charge on any atom is 0.240 e. The first kappa shape index (κ1) is 12.8. The van der Waals surface area contributed by atoms with E-state index < -0.39 is 0 Å². The van der Waals surface area contributed by atoms with Crippen molar-refractivity contribution in [1.29, 1.82) is 0 Å². The number of hydrogen-bond donors (Lipinski definition) is 1. The topological polar surface area (TPSA) is 54.2 Å². The van der Waals surface area contributed by atoms with Gasteiger partial charge in [0.15, 0.2) is 5.82 Å². The van der Waals surface area contributed by atoms with E-state index in [1.54, 1.807) is 0 Å². The first-order chi connectivity index (χ1) is 8.84. The minimum Gasteiger partial charge on any atom is -0.338 e. The van der Waals surface area contributed by atoms with Gasteiger partial charge in [0.05, 0.1) is 11.3 Å². The maximum absolute atomic E-state index is 5.46. The minimum atomic E-state index is 0.248. The molecule has 0 aliphatic carbocycles. The first-order valence-electron chi connectivity index (χ1n) is 6.28. The fourth-order valence-corrected chi connectivity index (χ4v) is 4.81. The van der Waals surface area contributed by atoms with Gasteiger partial charge in [0.2, 0.25) is 5.89 Å². The quantitative estimate of drug-likeness (QED) is 0.875. The second kappa shape index (κ2) is 5.81. The van der Waals surface area contributed by atoms with Gasteiger partial charge in [0.25, 0.3) is 0 Å². The molecular weight excluding hydrogens is 268 g/mol. The van der Waals surface area contributed by atoms with E-state index in [1.807, 2.05) is 23.5 Å². The number of thioether (sulfide) groups is 2. The SMILES string of the molecule is CN1CCNCC1c1noc(C2CSCCS2)n1. The van der Waals surface area contributed by atoms with Crippen molar-refractivity contribution < 1.29 is 4.52 Å². The second-order valence-electron chi connectivity index (χ2n) is 4.63. The lowest BCUT2D eigenvalue weighted by Gasteiger charge is -2.30. The Kier molecular flexibility index (Phi) is 4.13. The van der Waals surface area contributed by atoms with E-state index in [1.165, 1.54) is 11.5 Å². The molecule has 2 fully saturated rings. The van der Waals surface area contributed by atoms with E-state index in [4.69, 9.17) is 4.52 Å². The number of hydrogen-bond acceptors (Lipinski definition) is 7. The lowest BCUT2D eigenvalue weighted by atomic mass is 10.2. The molecule has 18 heavy (non-hydrogen) atoms. The van der Waals surface area contributed by atoms with E-state index in [0.717, 1.165) is 37.1 Å². The molecule has 0 amide bonds. The Labute approximate surface area is 115 Å². The summed E-state index contributed by atoms with van der Waals surface area (Å²) in [5.74, 6) is 5.14. The van der Waals surface area contributed by atoms with E-state index in [2.05, 4.69) is 27.4 Å². The van der Waals surface area contributed by atoms with Crippen molar-refractivity contribution in [1.82, 2.24) is 20.4 Å². The van der Waals surface area contributed by atoms with Gasteiger partial charge in [-0.25, -0.2) is 0 Å². The van der Waals surface area contributed by atoms with E-state index in [0.29, 0.717) is 5.25 Å². The van der Waals surface area contributed by atoms with Crippen molar-refractivity contribution in [3.05, 3.63) is 11.7 Å². The highest BCUT2D eigenvalue weighted by Gasteiger charge is 2.28. The Morgan fingerprint density at radius 2 is 2.39 bits per heavy atom. The van der Waals surface area contributed by atoms with Crippen molar-refractivity contribution >= 4 is 23.5 Å². The summed E-state index contributed by atoms with van der Waals surface area (Å²) < 4.78 is 5.46. The molecule has 1 aromatic rings. The van der Waals surface area contributed by atoms with Gasteiger partial charge in [-0.05, 0) is 7.05 Å². The van der Waals surface area contributed by atoms with Crippen LogP contribution >= 0.6 is 23.5 Å². The Balaban J connectivity index is 1.71. The number of aromatic nitrogens is 2. The zero-order valence-electron chi connectivity index (χ0n) is 10.5. The lowest BCUT2D eigenvalue weighted by Crippen LogP contribution is -2.44. The Bertz CT molecular complexity index is 394. The monoisotopic (exact) mass is 286 g/mol. The summed E-state index contributed by atoms with van der Waals surface area (Å²) in [6.07, 6.45) is 0. The largest absolute Gasteiger partial charge is 0.338 e. The van der Waals surface area contributed by atoms with Crippen LogP contribution in [0.5, 0.6) is 0 Å². The molecule has 1 N–H and O–H groups in total. The zero-order valence-corrected chi connectivity index (χ0v) is 12.1. The van der Waals surface area contributed by atoms with Gasteiger partial charge in [0, 0.05) is 36.9 Å². The normalized spacial score (nSPS) is 30.5. The Morgan fingerprint density at radius 1 is 1.44 bits per heavy atom. The van der Waals surface area contributed by atoms with Gasteiger partial charge in [-0.1, -0.05) is 5.16 Å². The van der Waals surface area contributed by atoms with Crippen LogP contribution in [0.2, 0.25) is 0 Å². The highest BCUT2D eigenvalue weighted by atomic mass is 32.2. The molecule has 3 rings (SSSR count). The van der Waals surface area contributed by atoms with E-state index >= 15 is 0 Å². The summed E-state index contributed by atoms with van der Waals surface area (Å²) in [5, 5.41) is 7.94. The van der Waals surface area contributed by atoms with Gasteiger partial charge in [-0.2, -0.15) is 16.7 Å². The molecular formula is C11H18N4OS2. The third-order valence-corrected chi connectivity index (χ3v) is 6.10. The zero-order chi connectivity index (χ0) is 12.4. The minimum absolute atomic E-state index is 0.248. The van der Waals surface area contributed by atoms with Crippen molar-refractivity contribution in [2.45, 2.75) is 11.3 Å². The van der Waals surface area contributed by atoms with Gasteiger partial charge in [0.1, 0.15) is 0 Å². The number of likely N-dealkylation sites (N-methyl/N-ethyl adjacent to an activating group) is 1. The van der Waals surface area contributed by atoms with E-state index in [-0.39, 0.29) is 6.04 Å². The van der Waals surface area contributed by atoms with Crippen LogP contribution in [0.15, 0.2) is 4.52 Å². The summed E-state index contributed by atoms with van der Waals surface area (Å²) in [6.45, 7) is 2.97. The van der Waals surface area contributed by atoms with Crippen LogP contribution in [-0.4, -0.2) is 59.0 Å². The molecule has 0 aromatic carbocycles. The first-order valence-corrected chi connectivity index (χ1v) is 8.49. The standard InChI is InChI=1S/C11H18N4OS2/c1-15-3-2-12-6-8(15)10-13-11(16-14-10)9-7-17-4-5-18-9/h8-9,12H,2-7H2,1H3. The fraction of sp³-hybridized carbons (Fsp3) is 0.818. The average Bonchev–Trinajstić information content (AvgIpc) is 2.90. The van der Waals surface area contributed by atoms with Crippen LogP contribution in [0.3, 0.4) is 0 Å². The van der Waals surface area contributed by atoms with Crippen molar-refractivity contribution in [3.63, 3.8) is 0 Å². The molecule has 2 saturated heterocycles. The predicted molar refractivity (Wildman–Crippen MR) is 75.1 cm³/mol. The molecule has 5 nitrogen and oxygen atoms in total. The van der Waals surface area contributed by atoms with Crippen LogP contribution in [0.1, 0.15) is 23.0 Å². The van der Waals surface area contributed by atoms with Crippen molar-refractivity contribution in [3.8, 4) is 0 Å². The van der Waals surface area contributed by atoms with Crippen LogP contribution in [0.25, 0.3) is 0 Å². The number of nitrogens with zero attached hydrogens (tertiary/aromatic N) is 3. The van der Waals surface area contributed by atoms with Crippen LogP contribution in [0, 0.1) is 0 Å². The van der Waals surface area contributed by atoms with Crippen LogP contribution < -0.4 is 5.32 Å². The smallest absolute Gasteiger partial charge is 0.240 e.